The first-order valence-electron chi connectivity index (χ1n) is 11.5. The minimum Gasteiger partial charge on any atom is -0.331 e. The molecule has 0 unspecified atom stereocenters. The number of carbonyl (C=O) groups is 1. The number of nitrogens with zero attached hydrogens (tertiary/aromatic N) is 2. The van der Waals surface area contributed by atoms with Crippen LogP contribution in [0.2, 0.25) is 0 Å². The molecule has 1 aromatic carbocycles. The molecule has 2 aliphatic carbocycles. The lowest BCUT2D eigenvalue weighted by Gasteiger charge is -2.41. The Morgan fingerprint density at radius 1 is 1.18 bits per heavy atom. The van der Waals surface area contributed by atoms with Crippen molar-refractivity contribution in [1.82, 2.24) is 15.1 Å². The van der Waals surface area contributed by atoms with Crippen molar-refractivity contribution < 1.29 is 6.22 Å². The quantitative estimate of drug-likeness (QED) is 0.778. The standard InChI is InChI=1S/C24H37N3O.H2/c1-3-27(4-2)23(28)25-22-17-24(21-12-8-7-11-20(21)22)13-15-26(16-14-24)18-19-9-5-6-10-19;/h7-8,11-12,19,22H,3-6,9-10,13-18H2,1-2H3,(H,25,28);1H/t22-;/m0./s1. The van der Waals surface area contributed by atoms with Gasteiger partial charge in [-0.05, 0) is 76.1 Å². The summed E-state index contributed by atoms with van der Waals surface area (Å²) < 4.78 is 0. The third-order valence-corrected chi connectivity index (χ3v) is 7.66. The highest BCUT2D eigenvalue weighted by atomic mass is 16.2. The molecule has 28 heavy (non-hydrogen) atoms. The van der Waals surface area contributed by atoms with Crippen LogP contribution in [-0.4, -0.2) is 48.6 Å². The molecule has 156 valence electrons. The van der Waals surface area contributed by atoms with E-state index in [-0.39, 0.29) is 18.9 Å². The van der Waals surface area contributed by atoms with E-state index in [9.17, 15) is 4.79 Å². The second-order valence-electron chi connectivity index (χ2n) is 9.20. The van der Waals surface area contributed by atoms with E-state index in [1.54, 1.807) is 0 Å². The van der Waals surface area contributed by atoms with Crippen LogP contribution >= 0.6 is 0 Å². The molecule has 1 aromatic rings. The molecule has 3 aliphatic rings. The summed E-state index contributed by atoms with van der Waals surface area (Å²) in [5, 5.41) is 3.35. The largest absolute Gasteiger partial charge is 0.331 e. The van der Waals surface area contributed by atoms with Crippen molar-refractivity contribution in [3.8, 4) is 0 Å². The number of nitrogens with one attached hydrogen (secondary N) is 1. The average Bonchev–Trinajstić information content (AvgIpc) is 3.32. The van der Waals surface area contributed by atoms with Crippen LogP contribution in [0.5, 0.6) is 0 Å². The molecule has 2 fully saturated rings. The molecule has 1 atom stereocenters. The Kier molecular flexibility index (Phi) is 5.96. The normalized spacial score (nSPS) is 24.4. The first kappa shape index (κ1) is 19.8. The molecule has 1 N–H and O–H groups in total. The molecule has 1 saturated heterocycles. The molecule has 4 nitrogen and oxygen atoms in total. The van der Waals surface area contributed by atoms with E-state index in [4.69, 9.17) is 0 Å². The summed E-state index contributed by atoms with van der Waals surface area (Å²) in [5.41, 5.74) is 3.11. The predicted octanol–water partition coefficient (Wildman–Crippen LogP) is 4.95. The van der Waals surface area contributed by atoms with Crippen molar-refractivity contribution in [2.75, 3.05) is 32.7 Å². The molecule has 0 radical (unpaired) electrons. The van der Waals surface area contributed by atoms with Gasteiger partial charge in [0, 0.05) is 26.5 Å². The Morgan fingerprint density at radius 3 is 2.54 bits per heavy atom. The maximum Gasteiger partial charge on any atom is 0.317 e. The Morgan fingerprint density at radius 2 is 1.86 bits per heavy atom. The number of hydrogen-bond acceptors (Lipinski definition) is 2. The summed E-state index contributed by atoms with van der Waals surface area (Å²) in [7, 11) is 0. The summed E-state index contributed by atoms with van der Waals surface area (Å²) in [6, 6.07) is 9.11. The molecule has 4 rings (SSSR count). The zero-order chi connectivity index (χ0) is 19.6. The van der Waals surface area contributed by atoms with E-state index in [2.05, 4.69) is 34.5 Å². The topological polar surface area (TPSA) is 35.6 Å². The minimum absolute atomic E-state index is 0. The zero-order valence-corrected chi connectivity index (χ0v) is 17.8. The van der Waals surface area contributed by atoms with Crippen LogP contribution in [0.15, 0.2) is 24.3 Å². The lowest BCUT2D eigenvalue weighted by atomic mass is 9.73. The van der Waals surface area contributed by atoms with Gasteiger partial charge in [0.25, 0.3) is 0 Å². The van der Waals surface area contributed by atoms with Crippen LogP contribution in [0.25, 0.3) is 0 Å². The fourth-order valence-electron chi connectivity index (χ4n) is 5.97. The van der Waals surface area contributed by atoms with Crippen molar-refractivity contribution in [3.63, 3.8) is 0 Å². The maximum atomic E-state index is 12.7. The number of benzene rings is 1. The molecule has 4 heteroatoms. The maximum absolute atomic E-state index is 12.7. The number of carbonyl (C=O) groups excluding carboxylic acids is 1. The van der Waals surface area contributed by atoms with Gasteiger partial charge in [0.1, 0.15) is 0 Å². The van der Waals surface area contributed by atoms with Crippen molar-refractivity contribution in [3.05, 3.63) is 35.4 Å². The summed E-state index contributed by atoms with van der Waals surface area (Å²) in [5.74, 6) is 0.936. The predicted molar refractivity (Wildman–Crippen MR) is 117 cm³/mol. The van der Waals surface area contributed by atoms with E-state index in [1.807, 2.05) is 18.7 Å². The molecule has 0 bridgehead atoms. The Hall–Kier alpha value is -1.55. The van der Waals surface area contributed by atoms with Gasteiger partial charge in [-0.15, -0.1) is 0 Å². The van der Waals surface area contributed by atoms with Gasteiger partial charge in [-0.25, -0.2) is 4.79 Å². The van der Waals surface area contributed by atoms with Crippen molar-refractivity contribution in [2.45, 2.75) is 70.3 Å². The van der Waals surface area contributed by atoms with Gasteiger partial charge in [-0.2, -0.15) is 0 Å². The highest BCUT2D eigenvalue weighted by molar-refractivity contribution is 5.75. The van der Waals surface area contributed by atoms with Crippen LogP contribution in [0, 0.1) is 5.92 Å². The fourth-order valence-corrected chi connectivity index (χ4v) is 5.97. The van der Waals surface area contributed by atoms with Gasteiger partial charge in [0.05, 0.1) is 6.04 Å². The third-order valence-electron chi connectivity index (χ3n) is 7.66. The van der Waals surface area contributed by atoms with E-state index >= 15 is 0 Å². The smallest absolute Gasteiger partial charge is 0.317 e. The van der Waals surface area contributed by atoms with Gasteiger partial charge in [0.2, 0.25) is 0 Å². The number of likely N-dealkylation sites (tertiary alicyclic amines) is 1. The van der Waals surface area contributed by atoms with Crippen LogP contribution in [-0.2, 0) is 5.41 Å². The Bertz CT molecular complexity index is 676. The van der Waals surface area contributed by atoms with Gasteiger partial charge >= 0.3 is 6.03 Å². The molecular formula is C24H39N3O. The fraction of sp³-hybridized carbons (Fsp3) is 0.708. The Balaban J connectivity index is 0.00000240. The number of urea groups is 1. The van der Waals surface area contributed by atoms with E-state index in [1.165, 1.54) is 69.3 Å². The summed E-state index contributed by atoms with van der Waals surface area (Å²) in [4.78, 5) is 17.3. The zero-order valence-electron chi connectivity index (χ0n) is 17.8. The van der Waals surface area contributed by atoms with Gasteiger partial charge in [-0.3, -0.25) is 0 Å². The Labute approximate surface area is 172 Å². The van der Waals surface area contributed by atoms with Crippen molar-refractivity contribution in [1.29, 1.82) is 0 Å². The highest BCUT2D eigenvalue weighted by Gasteiger charge is 2.46. The van der Waals surface area contributed by atoms with Crippen LogP contribution < -0.4 is 5.32 Å². The minimum atomic E-state index is 0. The van der Waals surface area contributed by atoms with Gasteiger partial charge in [0.15, 0.2) is 0 Å². The molecule has 1 saturated carbocycles. The van der Waals surface area contributed by atoms with Gasteiger partial charge in [-0.1, -0.05) is 37.1 Å². The first-order valence-corrected chi connectivity index (χ1v) is 11.5. The number of amides is 2. The molecule has 2 amide bonds. The monoisotopic (exact) mass is 385 g/mol. The van der Waals surface area contributed by atoms with Crippen LogP contribution in [0.4, 0.5) is 4.79 Å². The first-order chi connectivity index (χ1) is 13.6. The van der Waals surface area contributed by atoms with Crippen molar-refractivity contribution in [2.24, 2.45) is 5.92 Å². The second-order valence-corrected chi connectivity index (χ2v) is 9.20. The number of piperidine rings is 1. The van der Waals surface area contributed by atoms with Crippen LogP contribution in [0.1, 0.15) is 77.4 Å². The number of hydrogen-bond donors (Lipinski definition) is 1. The SMILES string of the molecule is CCN(CC)C(=O)N[C@H]1CC2(CCN(CC3CCCC3)CC2)c2ccccc21.[HH]. The molecule has 1 heterocycles. The number of fused-ring (bicyclic) bond motifs is 2. The second kappa shape index (κ2) is 8.44. The molecule has 1 aliphatic heterocycles. The summed E-state index contributed by atoms with van der Waals surface area (Å²) in [6.45, 7) is 9.35. The van der Waals surface area contributed by atoms with Crippen LogP contribution in [0.3, 0.4) is 0 Å². The average molecular weight is 386 g/mol. The lowest BCUT2D eigenvalue weighted by Crippen LogP contribution is -2.44. The van der Waals surface area contributed by atoms with E-state index in [0.717, 1.165) is 25.4 Å². The highest BCUT2D eigenvalue weighted by Crippen LogP contribution is 2.50. The van der Waals surface area contributed by atoms with Gasteiger partial charge < -0.3 is 15.1 Å². The molecule has 0 aromatic heterocycles. The molecular weight excluding hydrogens is 346 g/mol. The van der Waals surface area contributed by atoms with Crippen molar-refractivity contribution >= 4 is 6.03 Å². The molecule has 1 spiro atoms. The summed E-state index contributed by atoms with van der Waals surface area (Å²) >= 11 is 0. The summed E-state index contributed by atoms with van der Waals surface area (Å²) in [6.07, 6.45) is 9.26. The number of rotatable bonds is 5. The lowest BCUT2D eigenvalue weighted by molar-refractivity contribution is 0.134. The van der Waals surface area contributed by atoms with E-state index < -0.39 is 0 Å². The third kappa shape index (κ3) is 3.80. The van der Waals surface area contributed by atoms with E-state index in [0.29, 0.717) is 0 Å².